The van der Waals surface area contributed by atoms with Crippen molar-refractivity contribution in [2.75, 3.05) is 0 Å². The molecule has 0 amide bonds. The first kappa shape index (κ1) is 25.8. The van der Waals surface area contributed by atoms with Crippen LogP contribution in [0.3, 0.4) is 0 Å². The van der Waals surface area contributed by atoms with Gasteiger partial charge in [0.25, 0.3) is 0 Å². The summed E-state index contributed by atoms with van der Waals surface area (Å²) in [6.45, 7) is 14.7. The van der Waals surface area contributed by atoms with E-state index in [1.165, 1.54) is 0 Å². The molecule has 4 aliphatic carbocycles. The molecule has 8 atom stereocenters. The van der Waals surface area contributed by atoms with Gasteiger partial charge in [0, 0.05) is 16.7 Å². The number of aliphatic hydroxyl groups excluding tert-OH is 1. The van der Waals surface area contributed by atoms with Gasteiger partial charge in [-0.3, -0.25) is 4.79 Å². The average Bonchev–Trinajstić information content (AvgIpc) is 3.01. The summed E-state index contributed by atoms with van der Waals surface area (Å²) in [5, 5.41) is 20.8. The van der Waals surface area contributed by atoms with Gasteiger partial charge in [0.05, 0.1) is 11.7 Å². The molecule has 0 aliphatic heterocycles. The van der Waals surface area contributed by atoms with E-state index in [1.807, 2.05) is 26.0 Å². The molecule has 0 aromatic carbocycles. The molecule has 4 rings (SSSR count). The van der Waals surface area contributed by atoms with Gasteiger partial charge in [0.15, 0.2) is 5.78 Å². The standard InChI is InChI=1S/C30H46O4/c1-19(9-8-13-26(2,3)34)20-12-14-29(7)25-23(32)17-22-21(10-11-24(33)27(22,4)5)30(25,18-31)16-15-28(20,29)6/h8,13,17-21,24-25,33-34H,9-12,14-16H2,1-7H3. The summed E-state index contributed by atoms with van der Waals surface area (Å²) in [7, 11) is 0. The monoisotopic (exact) mass is 470 g/mol. The number of aldehydes is 1. The van der Waals surface area contributed by atoms with Gasteiger partial charge in [0.2, 0.25) is 0 Å². The molecule has 4 heteroatoms. The smallest absolute Gasteiger partial charge is 0.160 e. The van der Waals surface area contributed by atoms with Crippen LogP contribution >= 0.6 is 0 Å². The summed E-state index contributed by atoms with van der Waals surface area (Å²) in [6.07, 6.45) is 12.7. The van der Waals surface area contributed by atoms with Gasteiger partial charge in [-0.15, -0.1) is 0 Å². The lowest BCUT2D eigenvalue weighted by molar-refractivity contribution is -0.170. The number of rotatable bonds is 5. The Hall–Kier alpha value is -1.26. The number of hydrogen-bond donors (Lipinski definition) is 2. The summed E-state index contributed by atoms with van der Waals surface area (Å²) in [5.41, 5.74) is -1.14. The molecule has 190 valence electrons. The molecule has 0 spiro atoms. The summed E-state index contributed by atoms with van der Waals surface area (Å²) in [6, 6.07) is 0. The summed E-state index contributed by atoms with van der Waals surface area (Å²) >= 11 is 0. The average molecular weight is 471 g/mol. The van der Waals surface area contributed by atoms with Crippen LogP contribution in [0.25, 0.3) is 0 Å². The second-order valence-corrected chi connectivity index (χ2v) is 13.8. The Labute approximate surface area is 206 Å². The van der Waals surface area contributed by atoms with E-state index in [0.29, 0.717) is 18.3 Å². The molecule has 3 saturated carbocycles. The molecule has 3 fully saturated rings. The quantitative estimate of drug-likeness (QED) is 0.401. The Morgan fingerprint density at radius 2 is 1.76 bits per heavy atom. The molecule has 34 heavy (non-hydrogen) atoms. The second-order valence-electron chi connectivity index (χ2n) is 13.8. The van der Waals surface area contributed by atoms with Crippen LogP contribution in [0.5, 0.6) is 0 Å². The van der Waals surface area contributed by atoms with Gasteiger partial charge >= 0.3 is 0 Å². The molecule has 2 N–H and O–H groups in total. The summed E-state index contributed by atoms with van der Waals surface area (Å²) in [4.78, 5) is 27.0. The SMILES string of the molecule is CC(CC=CC(C)(C)O)C1CCC2(C)C3C(=O)C=C4C(CCC(O)C4(C)C)C3(C=O)CCC12C. The predicted molar refractivity (Wildman–Crippen MR) is 135 cm³/mol. The number of aliphatic hydroxyl groups is 2. The third-order valence-corrected chi connectivity index (χ3v) is 11.2. The van der Waals surface area contributed by atoms with Gasteiger partial charge in [-0.1, -0.05) is 52.3 Å². The van der Waals surface area contributed by atoms with E-state index in [2.05, 4.69) is 26.8 Å². The Morgan fingerprint density at radius 3 is 2.38 bits per heavy atom. The lowest BCUT2D eigenvalue weighted by Crippen LogP contribution is -2.63. The Morgan fingerprint density at radius 1 is 1.09 bits per heavy atom. The third kappa shape index (κ3) is 3.53. The molecule has 4 aliphatic rings. The van der Waals surface area contributed by atoms with Gasteiger partial charge in [-0.05, 0) is 93.5 Å². The first-order valence-corrected chi connectivity index (χ1v) is 13.4. The van der Waals surface area contributed by atoms with Crippen molar-refractivity contribution in [2.45, 2.75) is 105 Å². The van der Waals surface area contributed by atoms with E-state index < -0.39 is 22.5 Å². The van der Waals surface area contributed by atoms with E-state index in [-0.39, 0.29) is 28.4 Å². The van der Waals surface area contributed by atoms with Crippen molar-refractivity contribution in [2.24, 2.45) is 45.3 Å². The van der Waals surface area contributed by atoms with Crippen LogP contribution in [0, 0.1) is 45.3 Å². The molecule has 0 aromatic rings. The van der Waals surface area contributed by atoms with E-state index >= 15 is 0 Å². The maximum Gasteiger partial charge on any atom is 0.160 e. The van der Waals surface area contributed by atoms with E-state index in [1.54, 1.807) is 13.8 Å². The fraction of sp³-hybridized carbons (Fsp3) is 0.800. The Kier molecular flexibility index (Phi) is 6.17. The topological polar surface area (TPSA) is 74.6 Å². The zero-order chi connectivity index (χ0) is 25.3. The van der Waals surface area contributed by atoms with Crippen molar-refractivity contribution in [3.63, 3.8) is 0 Å². The van der Waals surface area contributed by atoms with Crippen LogP contribution in [0.4, 0.5) is 0 Å². The largest absolute Gasteiger partial charge is 0.392 e. The van der Waals surface area contributed by atoms with E-state index in [9.17, 15) is 19.8 Å². The highest BCUT2D eigenvalue weighted by atomic mass is 16.3. The minimum absolute atomic E-state index is 0.00311. The molecule has 4 nitrogen and oxygen atoms in total. The van der Waals surface area contributed by atoms with Crippen molar-refractivity contribution in [3.05, 3.63) is 23.8 Å². The van der Waals surface area contributed by atoms with Gasteiger partial charge < -0.3 is 15.0 Å². The highest BCUT2D eigenvalue weighted by Crippen LogP contribution is 2.74. The predicted octanol–water partition coefficient (Wildman–Crippen LogP) is 5.66. The number of carbonyl (C=O) groups excluding carboxylic acids is 2. The molecule has 0 radical (unpaired) electrons. The maximum absolute atomic E-state index is 13.9. The second kappa shape index (κ2) is 8.13. The number of allylic oxidation sites excluding steroid dienone is 2. The zero-order valence-electron chi connectivity index (χ0n) is 22.4. The highest BCUT2D eigenvalue weighted by Gasteiger charge is 2.70. The zero-order valence-corrected chi connectivity index (χ0v) is 22.4. The van der Waals surface area contributed by atoms with Crippen LogP contribution in [-0.2, 0) is 9.59 Å². The van der Waals surface area contributed by atoms with Gasteiger partial charge in [-0.2, -0.15) is 0 Å². The van der Waals surface area contributed by atoms with Crippen LogP contribution in [0.1, 0.15) is 93.4 Å². The number of carbonyl (C=O) groups is 2. The first-order chi connectivity index (χ1) is 15.6. The van der Waals surface area contributed by atoms with Crippen molar-refractivity contribution in [1.82, 2.24) is 0 Å². The first-order valence-electron chi connectivity index (χ1n) is 13.4. The molecule has 0 aromatic heterocycles. The van der Waals surface area contributed by atoms with E-state index in [4.69, 9.17) is 0 Å². The lowest BCUT2D eigenvalue weighted by Gasteiger charge is -2.64. The fourth-order valence-electron chi connectivity index (χ4n) is 9.02. The summed E-state index contributed by atoms with van der Waals surface area (Å²) in [5.74, 6) is 0.821. The maximum atomic E-state index is 13.9. The molecule has 0 heterocycles. The number of fused-ring (bicyclic) bond motifs is 5. The number of hydrogen-bond acceptors (Lipinski definition) is 4. The van der Waals surface area contributed by atoms with Crippen LogP contribution in [-0.4, -0.2) is 34.0 Å². The minimum Gasteiger partial charge on any atom is -0.392 e. The van der Waals surface area contributed by atoms with Crippen LogP contribution in [0.2, 0.25) is 0 Å². The number of ketones is 1. The van der Waals surface area contributed by atoms with Crippen molar-refractivity contribution < 1.29 is 19.8 Å². The lowest BCUT2D eigenvalue weighted by atomic mass is 9.38. The van der Waals surface area contributed by atoms with Crippen molar-refractivity contribution in [3.8, 4) is 0 Å². The fourth-order valence-corrected chi connectivity index (χ4v) is 9.02. The van der Waals surface area contributed by atoms with Crippen LogP contribution in [0.15, 0.2) is 23.8 Å². The third-order valence-electron chi connectivity index (χ3n) is 11.2. The Bertz CT molecular complexity index is 907. The molecular weight excluding hydrogens is 424 g/mol. The van der Waals surface area contributed by atoms with Crippen LogP contribution < -0.4 is 0 Å². The van der Waals surface area contributed by atoms with Crippen molar-refractivity contribution in [1.29, 1.82) is 0 Å². The van der Waals surface area contributed by atoms with Crippen molar-refractivity contribution >= 4 is 12.1 Å². The normalized spacial score (nSPS) is 44.7. The Balaban J connectivity index is 1.71. The molecule has 0 saturated heterocycles. The van der Waals surface area contributed by atoms with E-state index in [0.717, 1.165) is 50.4 Å². The molecule has 8 unspecified atom stereocenters. The highest BCUT2D eigenvalue weighted by molar-refractivity contribution is 5.98. The minimum atomic E-state index is -0.803. The molecular formula is C30H46O4. The van der Waals surface area contributed by atoms with Gasteiger partial charge in [-0.25, -0.2) is 0 Å². The van der Waals surface area contributed by atoms with Gasteiger partial charge in [0.1, 0.15) is 6.29 Å². The summed E-state index contributed by atoms with van der Waals surface area (Å²) < 4.78 is 0. The molecule has 0 bridgehead atoms.